The average Bonchev–Trinajstić information content (AvgIpc) is 2.38. The molecule has 0 heterocycles. The fourth-order valence-electron chi connectivity index (χ4n) is 2.51. The summed E-state index contributed by atoms with van der Waals surface area (Å²) in [6.07, 6.45) is 0.571. The summed E-state index contributed by atoms with van der Waals surface area (Å²) in [5.41, 5.74) is 10.4. The maximum absolute atomic E-state index is 14.0. The molecule has 0 aliphatic rings. The quantitative estimate of drug-likeness (QED) is 0.815. The molecule has 1 nitrogen and oxygen atoms in total. The zero-order chi connectivity index (χ0) is 15.4. The Bertz CT molecular complexity index is 602. The number of hydrogen-bond donors (Lipinski definition) is 1. The summed E-state index contributed by atoms with van der Waals surface area (Å²) in [4.78, 5) is 0.992. The Morgan fingerprint density at radius 2 is 1.81 bits per heavy atom. The third-order valence-electron chi connectivity index (χ3n) is 3.28. The van der Waals surface area contributed by atoms with Crippen molar-refractivity contribution in [1.29, 1.82) is 0 Å². The van der Waals surface area contributed by atoms with E-state index in [1.807, 2.05) is 13.0 Å². The van der Waals surface area contributed by atoms with Gasteiger partial charge in [-0.15, -0.1) is 11.8 Å². The molecule has 0 radical (unpaired) electrons. The van der Waals surface area contributed by atoms with E-state index in [0.29, 0.717) is 6.42 Å². The van der Waals surface area contributed by atoms with Gasteiger partial charge in [0.25, 0.3) is 0 Å². The van der Waals surface area contributed by atoms with Crippen LogP contribution in [-0.2, 0) is 12.2 Å². The summed E-state index contributed by atoms with van der Waals surface area (Å²) in [5.74, 6) is 0.690. The lowest BCUT2D eigenvalue weighted by Gasteiger charge is -2.13. The van der Waals surface area contributed by atoms with E-state index in [9.17, 15) is 4.39 Å². The van der Waals surface area contributed by atoms with Crippen LogP contribution in [0.3, 0.4) is 0 Å². The summed E-state index contributed by atoms with van der Waals surface area (Å²) < 4.78 is 14.0. The normalized spacial score (nSPS) is 12.4. The van der Waals surface area contributed by atoms with Gasteiger partial charge < -0.3 is 5.73 Å². The highest BCUT2D eigenvalue weighted by molar-refractivity contribution is 7.98. The third kappa shape index (κ3) is 4.58. The lowest BCUT2D eigenvalue weighted by Crippen LogP contribution is -2.19. The van der Waals surface area contributed by atoms with Gasteiger partial charge in [0.15, 0.2) is 0 Å². The first-order chi connectivity index (χ1) is 9.95. The highest BCUT2D eigenvalue weighted by atomic mass is 32.2. The van der Waals surface area contributed by atoms with Gasteiger partial charge in [-0.3, -0.25) is 0 Å². The second-order valence-electron chi connectivity index (χ2n) is 5.68. The SMILES string of the molecule is Cc1cc(C)cc(CSc2cccc(F)c2CC(C)N)c1. The summed E-state index contributed by atoms with van der Waals surface area (Å²) in [7, 11) is 0. The van der Waals surface area contributed by atoms with Crippen LogP contribution in [-0.4, -0.2) is 6.04 Å². The highest BCUT2D eigenvalue weighted by Crippen LogP contribution is 2.29. The number of halogens is 1. The van der Waals surface area contributed by atoms with Gasteiger partial charge in [-0.2, -0.15) is 0 Å². The first-order valence-electron chi connectivity index (χ1n) is 7.18. The molecule has 0 aliphatic heterocycles. The summed E-state index contributed by atoms with van der Waals surface area (Å²) in [6.45, 7) is 6.11. The van der Waals surface area contributed by atoms with E-state index in [1.54, 1.807) is 17.8 Å². The molecule has 0 spiro atoms. The number of nitrogens with two attached hydrogens (primary N) is 1. The molecule has 0 fully saturated rings. The van der Waals surface area contributed by atoms with E-state index >= 15 is 0 Å². The maximum Gasteiger partial charge on any atom is 0.127 e. The number of benzene rings is 2. The maximum atomic E-state index is 14.0. The molecule has 2 rings (SSSR count). The largest absolute Gasteiger partial charge is 0.328 e. The Morgan fingerprint density at radius 1 is 1.14 bits per heavy atom. The molecule has 3 heteroatoms. The average molecular weight is 303 g/mol. The molecule has 0 aliphatic carbocycles. The standard InChI is InChI=1S/C18H22FNS/c1-12-7-13(2)9-15(8-12)11-21-18-6-4-5-17(19)16(18)10-14(3)20/h4-9,14H,10-11,20H2,1-3H3. The fraction of sp³-hybridized carbons (Fsp3) is 0.333. The van der Waals surface area contributed by atoms with E-state index in [2.05, 4.69) is 32.0 Å². The van der Waals surface area contributed by atoms with Crippen LogP contribution in [0.25, 0.3) is 0 Å². The molecule has 0 bridgehead atoms. The van der Waals surface area contributed by atoms with Crippen LogP contribution in [0.2, 0.25) is 0 Å². The van der Waals surface area contributed by atoms with Gasteiger partial charge in [0.05, 0.1) is 0 Å². The lowest BCUT2D eigenvalue weighted by molar-refractivity contribution is 0.588. The van der Waals surface area contributed by atoms with Crippen molar-refractivity contribution in [3.05, 3.63) is 64.5 Å². The van der Waals surface area contributed by atoms with Crippen molar-refractivity contribution in [3.63, 3.8) is 0 Å². The van der Waals surface area contributed by atoms with Gasteiger partial charge in [-0.25, -0.2) is 4.39 Å². The van der Waals surface area contributed by atoms with Crippen LogP contribution in [0.1, 0.15) is 29.2 Å². The van der Waals surface area contributed by atoms with Gasteiger partial charge in [-0.05, 0) is 44.9 Å². The van der Waals surface area contributed by atoms with Crippen LogP contribution < -0.4 is 5.73 Å². The summed E-state index contributed by atoms with van der Waals surface area (Å²) >= 11 is 1.68. The molecule has 0 saturated heterocycles. The van der Waals surface area contributed by atoms with Gasteiger partial charge in [0, 0.05) is 22.3 Å². The minimum absolute atomic E-state index is 0.0394. The molecule has 2 N–H and O–H groups in total. The zero-order valence-electron chi connectivity index (χ0n) is 12.8. The van der Waals surface area contributed by atoms with Crippen molar-refractivity contribution in [2.75, 3.05) is 0 Å². The predicted octanol–water partition coefficient (Wildman–Crippen LogP) is 4.62. The Hall–Kier alpha value is -1.32. The topological polar surface area (TPSA) is 26.0 Å². The molecular weight excluding hydrogens is 281 g/mol. The van der Waals surface area contributed by atoms with Gasteiger partial charge in [-0.1, -0.05) is 35.4 Å². The molecule has 1 unspecified atom stereocenters. The molecule has 2 aromatic rings. The van der Waals surface area contributed by atoms with Gasteiger partial charge in [0.2, 0.25) is 0 Å². The van der Waals surface area contributed by atoms with Crippen molar-refractivity contribution < 1.29 is 4.39 Å². The molecule has 0 amide bonds. The molecule has 2 aromatic carbocycles. The Kier molecular flexibility index (Phi) is 5.43. The molecule has 112 valence electrons. The van der Waals surface area contributed by atoms with Crippen molar-refractivity contribution in [3.8, 4) is 0 Å². The first-order valence-corrected chi connectivity index (χ1v) is 8.17. The van der Waals surface area contributed by atoms with Crippen LogP contribution in [0.5, 0.6) is 0 Å². The Morgan fingerprint density at radius 3 is 2.43 bits per heavy atom. The smallest absolute Gasteiger partial charge is 0.127 e. The third-order valence-corrected chi connectivity index (χ3v) is 4.45. The molecule has 0 saturated carbocycles. The van der Waals surface area contributed by atoms with E-state index < -0.39 is 0 Å². The van der Waals surface area contributed by atoms with Crippen LogP contribution in [0.15, 0.2) is 41.3 Å². The van der Waals surface area contributed by atoms with E-state index in [-0.39, 0.29) is 11.9 Å². The van der Waals surface area contributed by atoms with E-state index in [0.717, 1.165) is 16.2 Å². The number of thioether (sulfide) groups is 1. The minimum atomic E-state index is -0.155. The van der Waals surface area contributed by atoms with E-state index in [1.165, 1.54) is 22.8 Å². The Balaban J connectivity index is 2.17. The highest BCUT2D eigenvalue weighted by Gasteiger charge is 2.11. The number of rotatable bonds is 5. The second kappa shape index (κ2) is 7.10. The summed E-state index contributed by atoms with van der Waals surface area (Å²) in [6, 6.07) is 11.8. The Labute approximate surface area is 130 Å². The second-order valence-corrected chi connectivity index (χ2v) is 6.70. The van der Waals surface area contributed by atoms with Crippen molar-refractivity contribution in [2.24, 2.45) is 5.73 Å². The van der Waals surface area contributed by atoms with Crippen molar-refractivity contribution in [2.45, 2.75) is 43.9 Å². The molecule has 21 heavy (non-hydrogen) atoms. The monoisotopic (exact) mass is 303 g/mol. The van der Waals surface area contributed by atoms with Gasteiger partial charge in [0.1, 0.15) is 5.82 Å². The first kappa shape index (κ1) is 16.1. The molecule has 1 atom stereocenters. The van der Waals surface area contributed by atoms with Crippen LogP contribution in [0, 0.1) is 19.7 Å². The fourth-order valence-corrected chi connectivity index (χ4v) is 3.53. The van der Waals surface area contributed by atoms with Crippen LogP contribution in [0.4, 0.5) is 4.39 Å². The van der Waals surface area contributed by atoms with Crippen molar-refractivity contribution in [1.82, 2.24) is 0 Å². The number of aryl methyl sites for hydroxylation is 2. The predicted molar refractivity (Wildman–Crippen MR) is 89.2 cm³/mol. The van der Waals surface area contributed by atoms with Gasteiger partial charge >= 0.3 is 0 Å². The number of hydrogen-bond acceptors (Lipinski definition) is 2. The van der Waals surface area contributed by atoms with Crippen LogP contribution >= 0.6 is 11.8 Å². The molecular formula is C18H22FNS. The summed E-state index contributed by atoms with van der Waals surface area (Å²) in [5, 5.41) is 0. The van der Waals surface area contributed by atoms with E-state index in [4.69, 9.17) is 5.73 Å². The lowest BCUT2D eigenvalue weighted by atomic mass is 10.1. The zero-order valence-corrected chi connectivity index (χ0v) is 13.6. The minimum Gasteiger partial charge on any atom is -0.328 e. The van der Waals surface area contributed by atoms with Crippen molar-refractivity contribution >= 4 is 11.8 Å². The molecule has 0 aromatic heterocycles.